The molecule has 7 rings (SSSR count). The van der Waals surface area contributed by atoms with Gasteiger partial charge in [0.05, 0.1) is 0 Å². The zero-order chi connectivity index (χ0) is 15.1. The molecular formula is C21H20N2. The third kappa shape index (κ3) is 1.26. The van der Waals surface area contributed by atoms with Crippen molar-refractivity contribution in [1.82, 2.24) is 0 Å². The van der Waals surface area contributed by atoms with E-state index in [9.17, 15) is 0 Å². The summed E-state index contributed by atoms with van der Waals surface area (Å²) < 4.78 is 0. The smallest absolute Gasteiger partial charge is 0.113 e. The van der Waals surface area contributed by atoms with E-state index in [-0.39, 0.29) is 11.1 Å². The van der Waals surface area contributed by atoms with Gasteiger partial charge in [-0.05, 0) is 54.1 Å². The first-order valence-corrected chi connectivity index (χ1v) is 8.92. The third-order valence-corrected chi connectivity index (χ3v) is 7.18. The molecule has 0 aromatic heterocycles. The van der Waals surface area contributed by atoms with Crippen LogP contribution in [0.25, 0.3) is 0 Å². The fourth-order valence-electron chi connectivity index (χ4n) is 6.12. The molecule has 114 valence electrons. The van der Waals surface area contributed by atoms with Crippen LogP contribution in [-0.4, -0.2) is 0 Å². The second-order valence-electron chi connectivity index (χ2n) is 7.82. The SMILES string of the molecule is c1ccc([C@]23N=N[C@@](c4ccccc4)([C@@H]4CC[C@@H]42)[C@H]2C[C@@H]23)cc1. The Hall–Kier alpha value is -1.96. The van der Waals surface area contributed by atoms with Crippen molar-refractivity contribution >= 4 is 0 Å². The lowest BCUT2D eigenvalue weighted by Gasteiger charge is -2.61. The van der Waals surface area contributed by atoms with Crippen molar-refractivity contribution in [2.45, 2.75) is 30.3 Å². The van der Waals surface area contributed by atoms with E-state index in [4.69, 9.17) is 10.2 Å². The maximum absolute atomic E-state index is 5.08. The topological polar surface area (TPSA) is 24.7 Å². The van der Waals surface area contributed by atoms with Crippen LogP contribution in [0.5, 0.6) is 0 Å². The summed E-state index contributed by atoms with van der Waals surface area (Å²) in [7, 11) is 0. The number of hydrogen-bond donors (Lipinski definition) is 0. The van der Waals surface area contributed by atoms with Crippen LogP contribution in [-0.2, 0) is 11.1 Å². The molecule has 3 saturated carbocycles. The van der Waals surface area contributed by atoms with E-state index < -0.39 is 0 Å². The van der Waals surface area contributed by atoms with Crippen LogP contribution in [0, 0.1) is 23.7 Å². The average molecular weight is 300 g/mol. The average Bonchev–Trinajstić information content (AvgIpc) is 3.39. The van der Waals surface area contributed by atoms with Crippen molar-refractivity contribution in [3.63, 3.8) is 0 Å². The highest BCUT2D eigenvalue weighted by molar-refractivity contribution is 5.43. The highest BCUT2D eigenvalue weighted by atomic mass is 15.3. The van der Waals surface area contributed by atoms with Gasteiger partial charge < -0.3 is 0 Å². The molecule has 0 saturated heterocycles. The lowest BCUT2D eigenvalue weighted by Crippen LogP contribution is -2.61. The van der Waals surface area contributed by atoms with Crippen LogP contribution < -0.4 is 0 Å². The van der Waals surface area contributed by atoms with E-state index in [2.05, 4.69) is 60.7 Å². The summed E-state index contributed by atoms with van der Waals surface area (Å²) in [5, 5.41) is 10.2. The van der Waals surface area contributed by atoms with Crippen LogP contribution in [0.15, 0.2) is 70.9 Å². The van der Waals surface area contributed by atoms with Crippen LogP contribution in [0.3, 0.4) is 0 Å². The molecule has 6 atom stereocenters. The molecular weight excluding hydrogens is 280 g/mol. The fraction of sp³-hybridized carbons (Fsp3) is 0.429. The molecule has 2 aromatic carbocycles. The monoisotopic (exact) mass is 300 g/mol. The maximum atomic E-state index is 5.08. The molecule has 3 aliphatic carbocycles. The normalized spacial score (nSPS) is 45.0. The Morgan fingerprint density at radius 3 is 1.43 bits per heavy atom. The molecule has 2 bridgehead atoms. The maximum Gasteiger partial charge on any atom is 0.113 e. The van der Waals surface area contributed by atoms with Crippen molar-refractivity contribution in [1.29, 1.82) is 0 Å². The molecule has 2 nitrogen and oxygen atoms in total. The van der Waals surface area contributed by atoms with E-state index in [0.717, 1.165) is 0 Å². The highest BCUT2D eigenvalue weighted by Crippen LogP contribution is 2.78. The van der Waals surface area contributed by atoms with Gasteiger partial charge >= 0.3 is 0 Å². The molecule has 0 radical (unpaired) electrons. The van der Waals surface area contributed by atoms with Crippen LogP contribution in [0.1, 0.15) is 30.4 Å². The summed E-state index contributed by atoms with van der Waals surface area (Å²) in [4.78, 5) is 0. The molecule has 0 spiro atoms. The zero-order valence-electron chi connectivity index (χ0n) is 13.1. The number of rotatable bonds is 2. The number of nitrogens with zero attached hydrogens (tertiary/aromatic N) is 2. The van der Waals surface area contributed by atoms with Gasteiger partial charge in [-0.25, -0.2) is 0 Å². The first-order valence-electron chi connectivity index (χ1n) is 8.92. The molecule has 2 aromatic rings. The molecule has 3 fully saturated rings. The molecule has 23 heavy (non-hydrogen) atoms. The Morgan fingerprint density at radius 2 is 1.04 bits per heavy atom. The summed E-state index contributed by atoms with van der Waals surface area (Å²) in [6.07, 6.45) is 3.93. The molecule has 5 aliphatic rings. The second kappa shape index (κ2) is 3.92. The third-order valence-electron chi connectivity index (χ3n) is 7.18. The minimum atomic E-state index is -0.00856. The quantitative estimate of drug-likeness (QED) is 0.752. The van der Waals surface area contributed by atoms with Gasteiger partial charge in [0.25, 0.3) is 0 Å². The van der Waals surface area contributed by atoms with E-state index in [1.807, 2.05) is 0 Å². The Bertz CT molecular complexity index is 732. The van der Waals surface area contributed by atoms with Gasteiger partial charge in [-0.15, -0.1) is 0 Å². The first kappa shape index (κ1) is 12.5. The van der Waals surface area contributed by atoms with E-state index in [0.29, 0.717) is 23.7 Å². The molecule has 2 heteroatoms. The van der Waals surface area contributed by atoms with Gasteiger partial charge in [0.2, 0.25) is 0 Å². The molecule has 0 amide bonds. The predicted octanol–water partition coefficient (Wildman–Crippen LogP) is 4.92. The van der Waals surface area contributed by atoms with Gasteiger partial charge in [0, 0.05) is 0 Å². The number of benzene rings is 2. The molecule has 0 N–H and O–H groups in total. The molecule has 0 unspecified atom stereocenters. The van der Waals surface area contributed by atoms with Gasteiger partial charge in [-0.1, -0.05) is 60.7 Å². The second-order valence-corrected chi connectivity index (χ2v) is 7.82. The van der Waals surface area contributed by atoms with Crippen molar-refractivity contribution in [3.05, 3.63) is 71.8 Å². The summed E-state index contributed by atoms with van der Waals surface area (Å²) >= 11 is 0. The summed E-state index contributed by atoms with van der Waals surface area (Å²) in [5.41, 5.74) is 2.80. The summed E-state index contributed by atoms with van der Waals surface area (Å²) in [6, 6.07) is 22.0. The number of azo groups is 1. The molecule has 2 heterocycles. The predicted molar refractivity (Wildman–Crippen MR) is 88.9 cm³/mol. The van der Waals surface area contributed by atoms with Crippen molar-refractivity contribution in [2.75, 3.05) is 0 Å². The van der Waals surface area contributed by atoms with E-state index >= 15 is 0 Å². The Labute approximate surface area is 136 Å². The standard InChI is InChI=1S/C21H20N2/c1-3-7-14(8-4-1)20-16-11-12-17(16)21(23-22-20,19-13-18(19)20)15-9-5-2-6-10-15/h1-10,16-19H,11-13H2/t16-,17+,18-,19-,20-,21-/m0/s1. The lowest BCUT2D eigenvalue weighted by molar-refractivity contribution is -0.0811. The number of hydrogen-bond acceptors (Lipinski definition) is 2. The van der Waals surface area contributed by atoms with Gasteiger partial charge in [0.1, 0.15) is 11.1 Å². The van der Waals surface area contributed by atoms with E-state index in [1.54, 1.807) is 0 Å². The lowest BCUT2D eigenvalue weighted by atomic mass is 9.47. The highest BCUT2D eigenvalue weighted by Gasteiger charge is 2.78. The van der Waals surface area contributed by atoms with Crippen LogP contribution in [0.2, 0.25) is 0 Å². The largest absolute Gasteiger partial charge is 0.181 e. The first-order chi connectivity index (χ1) is 11.4. The molecule has 2 aliphatic heterocycles. The fourth-order valence-corrected chi connectivity index (χ4v) is 6.12. The van der Waals surface area contributed by atoms with Crippen molar-refractivity contribution < 1.29 is 0 Å². The van der Waals surface area contributed by atoms with Gasteiger partial charge in [0.15, 0.2) is 0 Å². The van der Waals surface area contributed by atoms with Crippen LogP contribution in [0.4, 0.5) is 0 Å². The van der Waals surface area contributed by atoms with Crippen molar-refractivity contribution in [2.24, 2.45) is 33.9 Å². The Morgan fingerprint density at radius 1 is 0.609 bits per heavy atom. The van der Waals surface area contributed by atoms with Crippen molar-refractivity contribution in [3.8, 4) is 0 Å². The van der Waals surface area contributed by atoms with Gasteiger partial charge in [-0.2, -0.15) is 10.2 Å². The Kier molecular flexibility index (Phi) is 2.12. The summed E-state index contributed by atoms with van der Waals surface area (Å²) in [6.45, 7) is 0. The van der Waals surface area contributed by atoms with E-state index in [1.165, 1.54) is 30.4 Å². The zero-order valence-corrected chi connectivity index (χ0v) is 13.1. The van der Waals surface area contributed by atoms with Gasteiger partial charge in [-0.3, -0.25) is 0 Å². The Balaban J connectivity index is 1.58. The van der Waals surface area contributed by atoms with Crippen LogP contribution >= 0.6 is 0 Å². The minimum absolute atomic E-state index is 0.00856. The summed E-state index contributed by atoms with van der Waals surface area (Å²) in [5.74, 6) is 2.77. The minimum Gasteiger partial charge on any atom is -0.181 e.